The van der Waals surface area contributed by atoms with Crippen molar-refractivity contribution in [3.05, 3.63) is 66.2 Å². The van der Waals surface area contributed by atoms with Gasteiger partial charge >= 0.3 is 0 Å². The van der Waals surface area contributed by atoms with Gasteiger partial charge in [-0.25, -0.2) is 0 Å². The summed E-state index contributed by atoms with van der Waals surface area (Å²) in [7, 11) is 0. The van der Waals surface area contributed by atoms with Crippen LogP contribution in [-0.4, -0.2) is 25.5 Å². The number of anilines is 1. The van der Waals surface area contributed by atoms with Crippen molar-refractivity contribution in [1.29, 1.82) is 0 Å². The van der Waals surface area contributed by atoms with Crippen LogP contribution in [0.3, 0.4) is 0 Å². The lowest BCUT2D eigenvalue weighted by molar-refractivity contribution is -0.116. The Balaban J connectivity index is 1.51. The van der Waals surface area contributed by atoms with Crippen molar-refractivity contribution in [1.82, 2.24) is 19.6 Å². The van der Waals surface area contributed by atoms with Gasteiger partial charge in [-0.15, -0.1) is 0 Å². The van der Waals surface area contributed by atoms with Crippen LogP contribution < -0.4 is 5.32 Å². The Labute approximate surface area is 134 Å². The van der Waals surface area contributed by atoms with Crippen molar-refractivity contribution >= 4 is 11.6 Å². The van der Waals surface area contributed by atoms with Crippen LogP contribution in [0.4, 0.5) is 5.69 Å². The van der Waals surface area contributed by atoms with E-state index in [1.54, 1.807) is 17.1 Å². The number of hydrogen-bond acceptors (Lipinski definition) is 3. The summed E-state index contributed by atoms with van der Waals surface area (Å²) >= 11 is 0. The molecule has 23 heavy (non-hydrogen) atoms. The second-order valence-corrected chi connectivity index (χ2v) is 5.49. The summed E-state index contributed by atoms with van der Waals surface area (Å²) in [6.45, 7) is 3.23. The molecule has 6 heteroatoms. The average Bonchev–Trinajstić information content (AvgIpc) is 3.15. The van der Waals surface area contributed by atoms with Crippen LogP contribution in [0.2, 0.25) is 0 Å². The van der Waals surface area contributed by atoms with E-state index in [4.69, 9.17) is 0 Å². The number of carbonyl (C=O) groups excluding carboxylic acids is 1. The highest BCUT2D eigenvalue weighted by Gasteiger charge is 2.06. The van der Waals surface area contributed by atoms with Crippen molar-refractivity contribution in [3.8, 4) is 0 Å². The van der Waals surface area contributed by atoms with E-state index in [-0.39, 0.29) is 5.91 Å². The van der Waals surface area contributed by atoms with Crippen molar-refractivity contribution in [2.45, 2.75) is 26.4 Å². The molecule has 1 N–H and O–H groups in total. The fraction of sp³-hybridized carbons (Fsp3) is 0.235. The third kappa shape index (κ3) is 4.29. The number of benzene rings is 1. The SMILES string of the molecule is Cc1cnn(CCC(=O)Nc2cnn(Cc3ccccc3)c2)c1. The van der Waals surface area contributed by atoms with Gasteiger partial charge in [-0.1, -0.05) is 30.3 Å². The zero-order chi connectivity index (χ0) is 16.1. The van der Waals surface area contributed by atoms with Crippen molar-refractivity contribution in [2.75, 3.05) is 5.32 Å². The summed E-state index contributed by atoms with van der Waals surface area (Å²) in [6, 6.07) is 10.1. The first kappa shape index (κ1) is 15.0. The lowest BCUT2D eigenvalue weighted by atomic mass is 10.2. The standard InChI is InChI=1S/C17H19N5O/c1-14-9-18-21(11-14)8-7-17(23)20-16-10-19-22(13-16)12-15-5-3-2-4-6-15/h2-6,9-11,13H,7-8,12H2,1H3,(H,20,23). The molecule has 2 heterocycles. The Bertz CT molecular complexity index is 775. The van der Waals surface area contributed by atoms with Gasteiger partial charge in [-0.05, 0) is 18.1 Å². The van der Waals surface area contributed by atoms with Gasteiger partial charge in [0.1, 0.15) is 0 Å². The zero-order valence-electron chi connectivity index (χ0n) is 13.0. The highest BCUT2D eigenvalue weighted by Crippen LogP contribution is 2.08. The van der Waals surface area contributed by atoms with Gasteiger partial charge in [-0.2, -0.15) is 10.2 Å². The van der Waals surface area contributed by atoms with Gasteiger partial charge in [-0.3, -0.25) is 14.2 Å². The molecule has 0 bridgehead atoms. The second-order valence-electron chi connectivity index (χ2n) is 5.49. The quantitative estimate of drug-likeness (QED) is 0.760. The van der Waals surface area contributed by atoms with Crippen LogP contribution in [0, 0.1) is 6.92 Å². The highest BCUT2D eigenvalue weighted by molar-refractivity contribution is 5.90. The number of nitrogens with one attached hydrogen (secondary N) is 1. The normalized spacial score (nSPS) is 10.7. The van der Waals surface area contributed by atoms with Gasteiger partial charge in [0.05, 0.1) is 24.6 Å². The maximum Gasteiger partial charge on any atom is 0.226 e. The largest absolute Gasteiger partial charge is 0.323 e. The number of rotatable bonds is 6. The Hall–Kier alpha value is -2.89. The molecule has 1 amide bonds. The van der Waals surface area contributed by atoms with E-state index in [9.17, 15) is 4.79 Å². The molecule has 6 nitrogen and oxygen atoms in total. The van der Waals surface area contributed by atoms with E-state index in [2.05, 4.69) is 15.5 Å². The van der Waals surface area contributed by atoms with E-state index >= 15 is 0 Å². The van der Waals surface area contributed by atoms with Gasteiger partial charge in [0.2, 0.25) is 5.91 Å². The topological polar surface area (TPSA) is 64.7 Å². The first-order chi connectivity index (χ1) is 11.2. The van der Waals surface area contributed by atoms with Crippen LogP contribution in [0.5, 0.6) is 0 Å². The maximum absolute atomic E-state index is 12.0. The number of amides is 1. The summed E-state index contributed by atoms with van der Waals surface area (Å²) in [4.78, 5) is 12.0. The van der Waals surface area contributed by atoms with E-state index in [1.807, 2.05) is 54.3 Å². The van der Waals surface area contributed by atoms with Gasteiger partial charge < -0.3 is 5.32 Å². The summed E-state index contributed by atoms with van der Waals surface area (Å²) in [5, 5.41) is 11.3. The van der Waals surface area contributed by atoms with Gasteiger partial charge in [0.15, 0.2) is 0 Å². The van der Waals surface area contributed by atoms with Crippen LogP contribution in [0.25, 0.3) is 0 Å². The molecule has 1 aromatic carbocycles. The molecule has 3 aromatic rings. The van der Waals surface area contributed by atoms with Crippen LogP contribution in [0.1, 0.15) is 17.5 Å². The summed E-state index contributed by atoms with van der Waals surface area (Å²) < 4.78 is 3.58. The number of nitrogens with zero attached hydrogens (tertiary/aromatic N) is 4. The molecule has 0 unspecified atom stereocenters. The van der Waals surface area contributed by atoms with Crippen molar-refractivity contribution in [2.24, 2.45) is 0 Å². The zero-order valence-corrected chi connectivity index (χ0v) is 13.0. The number of aryl methyl sites for hydroxylation is 2. The summed E-state index contributed by atoms with van der Waals surface area (Å²) in [5.74, 6) is -0.0441. The first-order valence-corrected chi connectivity index (χ1v) is 7.54. The summed E-state index contributed by atoms with van der Waals surface area (Å²) in [6.07, 6.45) is 7.59. The third-order valence-electron chi connectivity index (χ3n) is 3.43. The maximum atomic E-state index is 12.0. The number of aromatic nitrogens is 4. The lowest BCUT2D eigenvalue weighted by Gasteiger charge is -2.03. The highest BCUT2D eigenvalue weighted by atomic mass is 16.1. The monoisotopic (exact) mass is 309 g/mol. The molecule has 118 valence electrons. The molecule has 0 fully saturated rings. The van der Waals surface area contributed by atoms with Crippen LogP contribution in [0.15, 0.2) is 55.1 Å². The van der Waals surface area contributed by atoms with E-state index in [0.29, 0.717) is 25.2 Å². The number of hydrogen-bond donors (Lipinski definition) is 1. The minimum absolute atomic E-state index is 0.0441. The Kier molecular flexibility index (Phi) is 4.52. The molecule has 0 radical (unpaired) electrons. The molecular weight excluding hydrogens is 290 g/mol. The lowest BCUT2D eigenvalue weighted by Crippen LogP contribution is -2.14. The minimum atomic E-state index is -0.0441. The molecule has 0 spiro atoms. The molecular formula is C17H19N5O. The molecule has 0 aliphatic rings. The van der Waals surface area contributed by atoms with Crippen LogP contribution in [-0.2, 0) is 17.9 Å². The minimum Gasteiger partial charge on any atom is -0.323 e. The molecule has 3 rings (SSSR count). The molecule has 2 aromatic heterocycles. The molecule has 0 saturated heterocycles. The average molecular weight is 309 g/mol. The van der Waals surface area contributed by atoms with Crippen molar-refractivity contribution < 1.29 is 4.79 Å². The first-order valence-electron chi connectivity index (χ1n) is 7.54. The predicted octanol–water partition coefficient (Wildman–Crippen LogP) is 2.47. The Morgan fingerprint density at radius 3 is 2.61 bits per heavy atom. The van der Waals surface area contributed by atoms with E-state index in [0.717, 1.165) is 5.56 Å². The van der Waals surface area contributed by atoms with Gasteiger partial charge in [0, 0.05) is 25.4 Å². The Morgan fingerprint density at radius 2 is 1.87 bits per heavy atom. The van der Waals surface area contributed by atoms with Crippen molar-refractivity contribution in [3.63, 3.8) is 0 Å². The molecule has 0 saturated carbocycles. The van der Waals surface area contributed by atoms with E-state index < -0.39 is 0 Å². The summed E-state index contributed by atoms with van der Waals surface area (Å²) in [5.41, 5.74) is 2.97. The van der Waals surface area contributed by atoms with Gasteiger partial charge in [0.25, 0.3) is 0 Å². The fourth-order valence-electron chi connectivity index (χ4n) is 2.31. The molecule has 0 aliphatic carbocycles. The second kappa shape index (κ2) is 6.91. The van der Waals surface area contributed by atoms with E-state index in [1.165, 1.54) is 5.56 Å². The number of carbonyl (C=O) groups is 1. The Morgan fingerprint density at radius 1 is 1.09 bits per heavy atom. The fourth-order valence-corrected chi connectivity index (χ4v) is 2.31. The predicted molar refractivity (Wildman–Crippen MR) is 88.0 cm³/mol. The van der Waals surface area contributed by atoms with Crippen LogP contribution >= 0.6 is 0 Å². The smallest absolute Gasteiger partial charge is 0.226 e. The molecule has 0 atom stereocenters. The molecule has 0 aliphatic heterocycles. The third-order valence-corrected chi connectivity index (χ3v) is 3.43.